The molecule has 1 aliphatic heterocycles. The van der Waals surface area contributed by atoms with Crippen LogP contribution >= 0.6 is 0 Å². The summed E-state index contributed by atoms with van der Waals surface area (Å²) in [5, 5.41) is 5.45. The molecule has 1 aromatic carbocycles. The summed E-state index contributed by atoms with van der Waals surface area (Å²) in [6, 6.07) is 10.3. The number of carbonyl (C=O) groups excluding carboxylic acids is 2. The van der Waals surface area contributed by atoms with Gasteiger partial charge in [0.15, 0.2) is 0 Å². The minimum absolute atomic E-state index is 0.0108. The predicted octanol–water partition coefficient (Wildman–Crippen LogP) is 2.07. The van der Waals surface area contributed by atoms with Crippen molar-refractivity contribution >= 4 is 29.0 Å². The number of pyridine rings is 1. The fourth-order valence-corrected chi connectivity index (χ4v) is 2.04. The van der Waals surface area contributed by atoms with Crippen LogP contribution in [0.5, 0.6) is 0 Å². The van der Waals surface area contributed by atoms with Gasteiger partial charge in [-0.25, -0.2) is 4.79 Å². The number of urea groups is 1. The van der Waals surface area contributed by atoms with Crippen LogP contribution in [0.4, 0.5) is 21.9 Å². The monoisotopic (exact) mass is 268 g/mol. The maximum absolute atomic E-state index is 12.3. The standard InChI is InChI=1S/C14H12N4O2/c19-13-9-18(12-6-2-1-5-11(12)17-13)14(20)16-10-4-3-7-15-8-10/h1-8H,9H2,(H,16,20)(H,17,19). The molecule has 0 fully saturated rings. The molecule has 0 saturated heterocycles. The number of carbonyl (C=O) groups is 2. The van der Waals surface area contributed by atoms with Gasteiger partial charge in [-0.15, -0.1) is 0 Å². The van der Waals surface area contributed by atoms with Crippen molar-refractivity contribution in [2.75, 3.05) is 22.1 Å². The Labute approximate surface area is 115 Å². The Balaban J connectivity index is 1.87. The molecule has 0 spiro atoms. The highest BCUT2D eigenvalue weighted by molar-refractivity contribution is 6.12. The van der Waals surface area contributed by atoms with E-state index >= 15 is 0 Å². The fourth-order valence-electron chi connectivity index (χ4n) is 2.04. The molecule has 0 radical (unpaired) electrons. The molecule has 0 saturated carbocycles. The van der Waals surface area contributed by atoms with E-state index in [-0.39, 0.29) is 18.5 Å². The second kappa shape index (κ2) is 5.00. The quantitative estimate of drug-likeness (QED) is 0.831. The van der Waals surface area contributed by atoms with Crippen LogP contribution in [-0.4, -0.2) is 23.5 Å². The van der Waals surface area contributed by atoms with E-state index in [2.05, 4.69) is 15.6 Å². The van der Waals surface area contributed by atoms with Crippen molar-refractivity contribution in [3.8, 4) is 0 Å². The number of nitrogens with zero attached hydrogens (tertiary/aromatic N) is 2. The predicted molar refractivity (Wildman–Crippen MR) is 75.7 cm³/mol. The zero-order valence-corrected chi connectivity index (χ0v) is 10.5. The summed E-state index contributed by atoms with van der Waals surface area (Å²) < 4.78 is 0. The molecule has 0 unspecified atom stereocenters. The summed E-state index contributed by atoms with van der Waals surface area (Å²) in [6.07, 6.45) is 3.17. The van der Waals surface area contributed by atoms with Crippen LogP contribution in [0.25, 0.3) is 0 Å². The molecule has 1 aliphatic rings. The number of hydrogen-bond acceptors (Lipinski definition) is 3. The Kier molecular flexibility index (Phi) is 3.04. The first-order valence-electron chi connectivity index (χ1n) is 6.11. The lowest BCUT2D eigenvalue weighted by Gasteiger charge is -2.29. The highest BCUT2D eigenvalue weighted by Crippen LogP contribution is 2.29. The first kappa shape index (κ1) is 12.2. The average Bonchev–Trinajstić information content (AvgIpc) is 2.47. The number of nitrogens with one attached hydrogen (secondary N) is 2. The summed E-state index contributed by atoms with van der Waals surface area (Å²) >= 11 is 0. The summed E-state index contributed by atoms with van der Waals surface area (Å²) in [5.74, 6) is -0.218. The van der Waals surface area contributed by atoms with Crippen molar-refractivity contribution < 1.29 is 9.59 Å². The van der Waals surface area contributed by atoms with Gasteiger partial charge in [0.1, 0.15) is 6.54 Å². The molecule has 100 valence electrons. The van der Waals surface area contributed by atoms with Crippen LogP contribution in [0.2, 0.25) is 0 Å². The highest BCUT2D eigenvalue weighted by Gasteiger charge is 2.26. The van der Waals surface area contributed by atoms with Gasteiger partial charge >= 0.3 is 6.03 Å². The van der Waals surface area contributed by atoms with Crippen molar-refractivity contribution in [2.45, 2.75) is 0 Å². The van der Waals surface area contributed by atoms with Gasteiger partial charge in [-0.1, -0.05) is 12.1 Å². The number of benzene rings is 1. The van der Waals surface area contributed by atoms with E-state index in [1.807, 2.05) is 12.1 Å². The summed E-state index contributed by atoms with van der Waals surface area (Å²) in [4.78, 5) is 29.3. The Hall–Kier alpha value is -2.89. The lowest BCUT2D eigenvalue weighted by atomic mass is 10.2. The second-order valence-corrected chi connectivity index (χ2v) is 4.32. The first-order valence-corrected chi connectivity index (χ1v) is 6.11. The number of aromatic nitrogens is 1. The van der Waals surface area contributed by atoms with E-state index in [9.17, 15) is 9.59 Å². The number of hydrogen-bond donors (Lipinski definition) is 2. The van der Waals surface area contributed by atoms with Crippen LogP contribution in [0, 0.1) is 0 Å². The Bertz CT molecular complexity index is 657. The third-order valence-corrected chi connectivity index (χ3v) is 2.93. The molecule has 2 N–H and O–H groups in total. The molecule has 2 heterocycles. The van der Waals surface area contributed by atoms with Crippen molar-refractivity contribution in [3.05, 3.63) is 48.8 Å². The second-order valence-electron chi connectivity index (χ2n) is 4.32. The molecule has 20 heavy (non-hydrogen) atoms. The van der Waals surface area contributed by atoms with Crippen LogP contribution in [0.3, 0.4) is 0 Å². The van der Waals surface area contributed by atoms with Crippen LogP contribution in [0.1, 0.15) is 0 Å². The van der Waals surface area contributed by atoms with Gasteiger partial charge in [-0.2, -0.15) is 0 Å². The minimum Gasteiger partial charge on any atom is -0.323 e. The minimum atomic E-state index is -0.361. The largest absolute Gasteiger partial charge is 0.326 e. The van der Waals surface area contributed by atoms with Crippen molar-refractivity contribution in [1.29, 1.82) is 0 Å². The van der Waals surface area contributed by atoms with Crippen molar-refractivity contribution in [2.24, 2.45) is 0 Å². The molecule has 6 nitrogen and oxygen atoms in total. The van der Waals surface area contributed by atoms with E-state index in [1.165, 1.54) is 4.90 Å². The van der Waals surface area contributed by atoms with Crippen molar-refractivity contribution in [1.82, 2.24) is 4.98 Å². The summed E-state index contributed by atoms with van der Waals surface area (Å²) in [5.41, 5.74) is 1.89. The molecule has 3 amide bonds. The third-order valence-electron chi connectivity index (χ3n) is 2.93. The maximum Gasteiger partial charge on any atom is 0.326 e. The normalized spacial score (nSPS) is 13.4. The Morgan fingerprint density at radius 2 is 2.10 bits per heavy atom. The highest BCUT2D eigenvalue weighted by atomic mass is 16.2. The number of para-hydroxylation sites is 2. The summed E-state index contributed by atoms with van der Waals surface area (Å²) in [7, 11) is 0. The lowest BCUT2D eigenvalue weighted by Crippen LogP contribution is -2.44. The van der Waals surface area contributed by atoms with E-state index in [1.54, 1.807) is 36.7 Å². The molecule has 0 aliphatic carbocycles. The molecular weight excluding hydrogens is 256 g/mol. The third kappa shape index (κ3) is 2.31. The van der Waals surface area contributed by atoms with Gasteiger partial charge in [0.25, 0.3) is 0 Å². The van der Waals surface area contributed by atoms with E-state index < -0.39 is 0 Å². The first-order chi connectivity index (χ1) is 9.74. The molecular formula is C14H12N4O2. The van der Waals surface area contributed by atoms with Gasteiger partial charge < -0.3 is 10.6 Å². The van der Waals surface area contributed by atoms with Crippen LogP contribution in [-0.2, 0) is 4.79 Å². The van der Waals surface area contributed by atoms with Gasteiger partial charge in [-0.3, -0.25) is 14.7 Å². The Morgan fingerprint density at radius 3 is 2.90 bits per heavy atom. The lowest BCUT2D eigenvalue weighted by molar-refractivity contribution is -0.115. The number of fused-ring (bicyclic) bond motifs is 1. The smallest absolute Gasteiger partial charge is 0.323 e. The van der Waals surface area contributed by atoms with Crippen LogP contribution < -0.4 is 15.5 Å². The topological polar surface area (TPSA) is 74.3 Å². The van der Waals surface area contributed by atoms with E-state index in [0.717, 1.165) is 0 Å². The van der Waals surface area contributed by atoms with Crippen LogP contribution in [0.15, 0.2) is 48.8 Å². The number of anilines is 3. The molecule has 3 rings (SSSR count). The molecule has 0 bridgehead atoms. The Morgan fingerprint density at radius 1 is 1.25 bits per heavy atom. The van der Waals surface area contributed by atoms with E-state index in [4.69, 9.17) is 0 Å². The van der Waals surface area contributed by atoms with E-state index in [0.29, 0.717) is 17.1 Å². The SMILES string of the molecule is O=C1CN(C(=O)Nc2cccnc2)c2ccccc2N1. The summed E-state index contributed by atoms with van der Waals surface area (Å²) in [6.45, 7) is -0.0108. The average molecular weight is 268 g/mol. The fraction of sp³-hybridized carbons (Fsp3) is 0.0714. The molecule has 6 heteroatoms. The zero-order chi connectivity index (χ0) is 13.9. The molecule has 2 aromatic rings. The maximum atomic E-state index is 12.3. The zero-order valence-electron chi connectivity index (χ0n) is 10.5. The van der Waals surface area contributed by atoms with Gasteiger partial charge in [0.05, 0.1) is 23.3 Å². The molecule has 1 aromatic heterocycles. The van der Waals surface area contributed by atoms with Gasteiger partial charge in [-0.05, 0) is 24.3 Å². The van der Waals surface area contributed by atoms with Crippen molar-refractivity contribution in [3.63, 3.8) is 0 Å². The molecule has 0 atom stereocenters. The van der Waals surface area contributed by atoms with Gasteiger partial charge in [0.2, 0.25) is 5.91 Å². The number of rotatable bonds is 1. The van der Waals surface area contributed by atoms with Gasteiger partial charge in [0, 0.05) is 6.20 Å². The number of amides is 3.